The summed E-state index contributed by atoms with van der Waals surface area (Å²) in [4.78, 5) is 10.5. The first-order valence-electron chi connectivity index (χ1n) is 6.61. The van der Waals surface area contributed by atoms with Gasteiger partial charge in [-0.3, -0.25) is 4.79 Å². The van der Waals surface area contributed by atoms with Gasteiger partial charge >= 0.3 is 5.97 Å². The van der Waals surface area contributed by atoms with Gasteiger partial charge in [0.2, 0.25) is 0 Å². The molecule has 0 spiro atoms. The summed E-state index contributed by atoms with van der Waals surface area (Å²) in [6.07, 6.45) is 0.842. The Hall–Kier alpha value is -0.660. The largest absolute Gasteiger partial charge is 0.481 e. The minimum absolute atomic E-state index is 0.00362. The van der Waals surface area contributed by atoms with Crippen molar-refractivity contribution in [3.05, 3.63) is 0 Å². The van der Waals surface area contributed by atoms with Crippen LogP contribution >= 0.6 is 0 Å². The zero-order valence-corrected chi connectivity index (χ0v) is 12.9. The van der Waals surface area contributed by atoms with Gasteiger partial charge in [-0.2, -0.15) is 17.0 Å². The molecule has 112 valence electrons. The number of carbonyl (C=O) groups is 1. The van der Waals surface area contributed by atoms with Gasteiger partial charge < -0.3 is 5.11 Å². The van der Waals surface area contributed by atoms with Gasteiger partial charge in [0, 0.05) is 26.2 Å². The maximum Gasteiger partial charge on any atom is 0.304 e. The van der Waals surface area contributed by atoms with Gasteiger partial charge in [0.05, 0.1) is 6.42 Å². The van der Waals surface area contributed by atoms with Crippen molar-refractivity contribution >= 4 is 16.2 Å². The molecule has 0 aromatic rings. The predicted molar refractivity (Wildman–Crippen MR) is 72.9 cm³/mol. The van der Waals surface area contributed by atoms with Crippen LogP contribution in [0.3, 0.4) is 0 Å². The fourth-order valence-corrected chi connectivity index (χ4v) is 4.27. The van der Waals surface area contributed by atoms with Crippen molar-refractivity contribution < 1.29 is 18.3 Å². The lowest BCUT2D eigenvalue weighted by atomic mass is 9.88. The Balaban J connectivity index is 2.82. The average molecular weight is 292 g/mol. The highest BCUT2D eigenvalue weighted by Gasteiger charge is 2.38. The lowest BCUT2D eigenvalue weighted by Gasteiger charge is -2.41. The third-order valence-electron chi connectivity index (χ3n) is 3.87. The molecule has 0 radical (unpaired) electrons. The standard InChI is InChI=1S/C12H24N2O4S/c1-9-7-10(2)11(3)14(8-9)19(17,18)13(4)6-5-12(15)16/h9-11H,5-8H2,1-4H3,(H,15,16). The number of piperidine rings is 1. The van der Waals surface area contributed by atoms with Crippen molar-refractivity contribution in [2.75, 3.05) is 20.1 Å². The summed E-state index contributed by atoms with van der Waals surface area (Å²) in [5, 5.41) is 8.64. The van der Waals surface area contributed by atoms with E-state index in [9.17, 15) is 13.2 Å². The van der Waals surface area contributed by atoms with Gasteiger partial charge in [-0.25, -0.2) is 0 Å². The zero-order chi connectivity index (χ0) is 14.8. The van der Waals surface area contributed by atoms with E-state index in [1.54, 1.807) is 0 Å². The molecular formula is C12H24N2O4S. The van der Waals surface area contributed by atoms with Crippen LogP contribution < -0.4 is 0 Å². The van der Waals surface area contributed by atoms with Crippen LogP contribution in [0.2, 0.25) is 0 Å². The second-order valence-corrected chi connectivity index (χ2v) is 7.59. The number of carboxylic acid groups (broad SMARTS) is 1. The lowest BCUT2D eigenvalue weighted by Crippen LogP contribution is -2.53. The monoisotopic (exact) mass is 292 g/mol. The van der Waals surface area contributed by atoms with Gasteiger partial charge in [0.1, 0.15) is 0 Å². The Morgan fingerprint density at radius 3 is 2.47 bits per heavy atom. The normalized spacial score (nSPS) is 29.6. The molecule has 0 aliphatic carbocycles. The first-order chi connectivity index (χ1) is 8.66. The van der Waals surface area contributed by atoms with Crippen molar-refractivity contribution in [2.45, 2.75) is 39.7 Å². The lowest BCUT2D eigenvalue weighted by molar-refractivity contribution is -0.137. The van der Waals surface area contributed by atoms with E-state index in [-0.39, 0.29) is 19.0 Å². The van der Waals surface area contributed by atoms with Crippen molar-refractivity contribution in [3.63, 3.8) is 0 Å². The summed E-state index contributed by atoms with van der Waals surface area (Å²) in [5.41, 5.74) is 0. The van der Waals surface area contributed by atoms with Crippen LogP contribution in [-0.2, 0) is 15.0 Å². The van der Waals surface area contributed by atoms with Crippen LogP contribution in [0.15, 0.2) is 0 Å². The molecule has 0 bridgehead atoms. The molecule has 1 heterocycles. The Morgan fingerprint density at radius 1 is 1.37 bits per heavy atom. The van der Waals surface area contributed by atoms with Crippen molar-refractivity contribution in [3.8, 4) is 0 Å². The molecule has 3 atom stereocenters. The summed E-state index contributed by atoms with van der Waals surface area (Å²) >= 11 is 0. The number of nitrogens with zero attached hydrogens (tertiary/aromatic N) is 2. The molecule has 0 aromatic carbocycles. The second kappa shape index (κ2) is 6.19. The van der Waals surface area contributed by atoms with Crippen LogP contribution in [0.4, 0.5) is 0 Å². The SMILES string of the molecule is CC1CC(C)C(C)N(S(=O)(=O)N(C)CCC(=O)O)C1. The molecule has 3 unspecified atom stereocenters. The van der Waals surface area contributed by atoms with Gasteiger partial charge in [0.15, 0.2) is 0 Å². The molecule has 0 aromatic heterocycles. The quantitative estimate of drug-likeness (QED) is 0.820. The Kier molecular flexibility index (Phi) is 5.34. The first-order valence-corrected chi connectivity index (χ1v) is 8.00. The van der Waals surface area contributed by atoms with Crippen LogP contribution in [-0.4, -0.2) is 54.3 Å². The smallest absolute Gasteiger partial charge is 0.304 e. The van der Waals surface area contributed by atoms with Crippen LogP contribution in [0.1, 0.15) is 33.6 Å². The van der Waals surface area contributed by atoms with E-state index in [0.717, 1.165) is 10.7 Å². The molecule has 6 nitrogen and oxygen atoms in total. The van der Waals surface area contributed by atoms with E-state index in [0.29, 0.717) is 18.4 Å². The molecule has 1 rings (SSSR count). The minimum Gasteiger partial charge on any atom is -0.481 e. The van der Waals surface area contributed by atoms with E-state index in [2.05, 4.69) is 6.92 Å². The number of hydrogen-bond donors (Lipinski definition) is 1. The number of aliphatic carboxylic acids is 1. The van der Waals surface area contributed by atoms with E-state index in [1.807, 2.05) is 13.8 Å². The summed E-state index contributed by atoms with van der Waals surface area (Å²) in [5.74, 6) is -0.351. The molecule has 0 saturated carbocycles. The summed E-state index contributed by atoms with van der Waals surface area (Å²) in [7, 11) is -2.13. The molecule has 1 aliphatic heterocycles. The average Bonchev–Trinajstić information content (AvgIpc) is 2.30. The number of carboxylic acids is 1. The summed E-state index contributed by atoms with van der Waals surface area (Å²) < 4.78 is 27.6. The first kappa shape index (κ1) is 16.4. The van der Waals surface area contributed by atoms with Crippen LogP contribution in [0.25, 0.3) is 0 Å². The highest BCUT2D eigenvalue weighted by Crippen LogP contribution is 2.29. The van der Waals surface area contributed by atoms with Gasteiger partial charge in [-0.05, 0) is 25.2 Å². The molecule has 7 heteroatoms. The van der Waals surface area contributed by atoms with E-state index in [1.165, 1.54) is 11.4 Å². The highest BCUT2D eigenvalue weighted by atomic mass is 32.2. The van der Waals surface area contributed by atoms with Gasteiger partial charge in [-0.1, -0.05) is 13.8 Å². The van der Waals surface area contributed by atoms with Crippen molar-refractivity contribution in [2.24, 2.45) is 11.8 Å². The molecule has 19 heavy (non-hydrogen) atoms. The van der Waals surface area contributed by atoms with Crippen LogP contribution in [0.5, 0.6) is 0 Å². The third kappa shape index (κ3) is 3.90. The van der Waals surface area contributed by atoms with Crippen molar-refractivity contribution in [1.82, 2.24) is 8.61 Å². The fraction of sp³-hybridized carbons (Fsp3) is 0.917. The fourth-order valence-electron chi connectivity index (χ4n) is 2.52. The predicted octanol–water partition coefficient (Wildman–Crippen LogP) is 1.00. The van der Waals surface area contributed by atoms with Gasteiger partial charge in [0.25, 0.3) is 10.2 Å². The molecule has 1 N–H and O–H groups in total. The Bertz CT molecular complexity index is 423. The second-order valence-electron chi connectivity index (χ2n) is 5.60. The van der Waals surface area contributed by atoms with E-state index >= 15 is 0 Å². The minimum atomic E-state index is -3.57. The summed E-state index contributed by atoms with van der Waals surface area (Å²) in [6, 6.07) is -0.0477. The maximum atomic E-state index is 12.5. The van der Waals surface area contributed by atoms with Gasteiger partial charge in [-0.15, -0.1) is 0 Å². The molecule has 1 fully saturated rings. The van der Waals surface area contributed by atoms with Crippen LogP contribution in [0, 0.1) is 11.8 Å². The zero-order valence-electron chi connectivity index (χ0n) is 12.0. The van der Waals surface area contributed by atoms with E-state index < -0.39 is 16.2 Å². The molecule has 0 amide bonds. The van der Waals surface area contributed by atoms with E-state index in [4.69, 9.17) is 5.11 Å². The number of hydrogen-bond acceptors (Lipinski definition) is 3. The summed E-state index contributed by atoms with van der Waals surface area (Å²) in [6.45, 7) is 6.52. The Morgan fingerprint density at radius 2 is 1.95 bits per heavy atom. The van der Waals surface area contributed by atoms with Crippen molar-refractivity contribution in [1.29, 1.82) is 0 Å². The highest BCUT2D eigenvalue weighted by molar-refractivity contribution is 7.86. The maximum absolute atomic E-state index is 12.5. The molecule has 1 saturated heterocycles. The number of rotatable bonds is 5. The molecular weight excluding hydrogens is 268 g/mol. The topological polar surface area (TPSA) is 77.9 Å². The Labute approximate surface area is 115 Å². The molecule has 1 aliphatic rings. The third-order valence-corrected chi connectivity index (χ3v) is 5.92.